The van der Waals surface area contributed by atoms with Crippen molar-refractivity contribution in [3.05, 3.63) is 34.9 Å². The van der Waals surface area contributed by atoms with Crippen LogP contribution in [0, 0.1) is 19.3 Å². The number of carbonyl (C=O) groups is 1. The van der Waals surface area contributed by atoms with Gasteiger partial charge in [-0.25, -0.2) is 0 Å². The predicted octanol–water partition coefficient (Wildman–Crippen LogP) is 2.52. The number of aryl methyl sites for hydroxylation is 3. The summed E-state index contributed by atoms with van der Waals surface area (Å²) in [5.41, 5.74) is 3.78. The summed E-state index contributed by atoms with van der Waals surface area (Å²) >= 11 is 0. The first kappa shape index (κ1) is 16.7. The maximum atomic E-state index is 13.1. The van der Waals surface area contributed by atoms with Crippen LogP contribution < -0.4 is 0 Å². The van der Waals surface area contributed by atoms with Crippen LogP contribution in [0.3, 0.4) is 0 Å². The average molecular weight is 329 g/mol. The van der Waals surface area contributed by atoms with Gasteiger partial charge in [0.2, 0.25) is 0 Å². The van der Waals surface area contributed by atoms with Crippen LogP contribution in [0.15, 0.2) is 12.4 Å². The molecule has 3 rings (SSSR count). The van der Waals surface area contributed by atoms with E-state index >= 15 is 0 Å². The Hall–Kier alpha value is -2.11. The van der Waals surface area contributed by atoms with Crippen LogP contribution in [0.2, 0.25) is 0 Å². The van der Waals surface area contributed by atoms with E-state index in [0.717, 1.165) is 36.6 Å². The number of nitrogens with zero attached hydrogens (tertiary/aromatic N) is 5. The van der Waals surface area contributed by atoms with Crippen molar-refractivity contribution in [2.75, 3.05) is 13.1 Å². The zero-order valence-corrected chi connectivity index (χ0v) is 15.5. The van der Waals surface area contributed by atoms with Crippen molar-refractivity contribution in [1.29, 1.82) is 0 Å². The Morgan fingerprint density at radius 1 is 1.38 bits per heavy atom. The number of amides is 1. The third-order valence-corrected chi connectivity index (χ3v) is 5.25. The summed E-state index contributed by atoms with van der Waals surface area (Å²) in [4.78, 5) is 15.1. The second-order valence-electron chi connectivity index (χ2n) is 7.54. The molecule has 1 fully saturated rings. The smallest absolute Gasteiger partial charge is 0.257 e. The average Bonchev–Trinajstić information content (AvgIpc) is 3.14. The Labute approximate surface area is 143 Å². The van der Waals surface area contributed by atoms with E-state index in [2.05, 4.69) is 30.2 Å². The molecule has 0 radical (unpaired) electrons. The van der Waals surface area contributed by atoms with Crippen molar-refractivity contribution >= 4 is 5.91 Å². The van der Waals surface area contributed by atoms with E-state index < -0.39 is 0 Å². The van der Waals surface area contributed by atoms with Gasteiger partial charge in [-0.3, -0.25) is 14.2 Å². The quantitative estimate of drug-likeness (QED) is 0.869. The molecule has 0 N–H and O–H groups in total. The Morgan fingerprint density at radius 2 is 2.08 bits per heavy atom. The van der Waals surface area contributed by atoms with Crippen molar-refractivity contribution in [2.24, 2.45) is 12.5 Å². The molecule has 0 spiro atoms. The molecule has 1 aliphatic heterocycles. The van der Waals surface area contributed by atoms with E-state index in [1.165, 1.54) is 5.56 Å². The van der Waals surface area contributed by atoms with E-state index in [4.69, 9.17) is 0 Å². The minimum atomic E-state index is 0.0290. The van der Waals surface area contributed by atoms with Crippen LogP contribution in [0.4, 0.5) is 0 Å². The van der Waals surface area contributed by atoms with Gasteiger partial charge < -0.3 is 4.90 Å². The van der Waals surface area contributed by atoms with E-state index in [1.54, 1.807) is 0 Å². The fourth-order valence-electron chi connectivity index (χ4n) is 3.94. The van der Waals surface area contributed by atoms with Gasteiger partial charge in [0.25, 0.3) is 5.91 Å². The van der Waals surface area contributed by atoms with Crippen molar-refractivity contribution in [2.45, 2.75) is 47.1 Å². The molecule has 2 aromatic rings. The molecule has 1 unspecified atom stereocenters. The zero-order chi connectivity index (χ0) is 17.6. The molecule has 0 aromatic carbocycles. The van der Waals surface area contributed by atoms with Crippen molar-refractivity contribution in [1.82, 2.24) is 24.5 Å². The molecule has 0 saturated carbocycles. The van der Waals surface area contributed by atoms with Crippen LogP contribution >= 0.6 is 0 Å². The standard InChI is InChI=1S/C18H27N5O/c1-7-23-13(3)16(12(2)20-23)17(24)22-10-15(18(4,5)11-22)14-8-19-21(6)9-14/h8-9,15H,7,10-11H2,1-6H3. The van der Waals surface area contributed by atoms with Gasteiger partial charge in [0.1, 0.15) is 0 Å². The van der Waals surface area contributed by atoms with Gasteiger partial charge in [0, 0.05) is 44.5 Å². The van der Waals surface area contributed by atoms with Gasteiger partial charge in [-0.15, -0.1) is 0 Å². The minimum absolute atomic E-state index is 0.0290. The molecule has 24 heavy (non-hydrogen) atoms. The molecule has 2 aromatic heterocycles. The first-order valence-corrected chi connectivity index (χ1v) is 8.56. The number of aromatic nitrogens is 4. The second kappa shape index (κ2) is 5.76. The molecular weight excluding hydrogens is 302 g/mol. The summed E-state index contributed by atoms with van der Waals surface area (Å²) < 4.78 is 3.73. The fraction of sp³-hybridized carbons (Fsp3) is 0.611. The lowest BCUT2D eigenvalue weighted by atomic mass is 9.79. The van der Waals surface area contributed by atoms with Gasteiger partial charge in [0.15, 0.2) is 0 Å². The summed E-state index contributed by atoms with van der Waals surface area (Å²) in [6, 6.07) is 0. The summed E-state index contributed by atoms with van der Waals surface area (Å²) in [5, 5.41) is 8.79. The van der Waals surface area contributed by atoms with E-state index in [0.29, 0.717) is 5.92 Å². The van der Waals surface area contributed by atoms with Crippen molar-refractivity contribution in [3.8, 4) is 0 Å². The Kier molecular flexibility index (Phi) is 4.01. The van der Waals surface area contributed by atoms with Gasteiger partial charge in [-0.05, 0) is 31.7 Å². The highest BCUT2D eigenvalue weighted by atomic mass is 16.2. The summed E-state index contributed by atoms with van der Waals surface area (Å²) in [7, 11) is 1.93. The van der Waals surface area contributed by atoms with Gasteiger partial charge in [0.05, 0.1) is 17.5 Å². The minimum Gasteiger partial charge on any atom is -0.337 e. The molecule has 3 heterocycles. The van der Waals surface area contributed by atoms with Crippen molar-refractivity contribution in [3.63, 3.8) is 0 Å². The molecule has 1 saturated heterocycles. The van der Waals surface area contributed by atoms with Gasteiger partial charge in [-0.2, -0.15) is 10.2 Å². The maximum absolute atomic E-state index is 13.1. The maximum Gasteiger partial charge on any atom is 0.257 e. The molecule has 6 nitrogen and oxygen atoms in total. The number of rotatable bonds is 3. The second-order valence-corrected chi connectivity index (χ2v) is 7.54. The Morgan fingerprint density at radius 3 is 2.62 bits per heavy atom. The Balaban J connectivity index is 1.89. The van der Waals surface area contributed by atoms with E-state index in [9.17, 15) is 4.79 Å². The number of hydrogen-bond acceptors (Lipinski definition) is 3. The molecule has 130 valence electrons. The molecule has 1 amide bonds. The molecular formula is C18H27N5O. The van der Waals surface area contributed by atoms with Crippen LogP contribution in [-0.2, 0) is 13.6 Å². The molecule has 0 aliphatic carbocycles. The molecule has 0 bridgehead atoms. The molecule has 1 atom stereocenters. The van der Waals surface area contributed by atoms with Crippen LogP contribution in [-0.4, -0.2) is 43.5 Å². The topological polar surface area (TPSA) is 56.0 Å². The third-order valence-electron chi connectivity index (χ3n) is 5.25. The summed E-state index contributed by atoms with van der Waals surface area (Å²) in [6.07, 6.45) is 3.98. The number of likely N-dealkylation sites (tertiary alicyclic amines) is 1. The highest BCUT2D eigenvalue weighted by Gasteiger charge is 2.43. The number of carbonyl (C=O) groups excluding carboxylic acids is 1. The predicted molar refractivity (Wildman–Crippen MR) is 93.0 cm³/mol. The molecule has 1 aliphatic rings. The van der Waals surface area contributed by atoms with E-state index in [-0.39, 0.29) is 11.3 Å². The van der Waals surface area contributed by atoms with Crippen LogP contribution in [0.25, 0.3) is 0 Å². The highest BCUT2D eigenvalue weighted by Crippen LogP contribution is 2.42. The summed E-state index contributed by atoms with van der Waals surface area (Å²) in [6.45, 7) is 12.7. The largest absolute Gasteiger partial charge is 0.337 e. The first-order valence-electron chi connectivity index (χ1n) is 8.56. The van der Waals surface area contributed by atoms with Crippen LogP contribution in [0.5, 0.6) is 0 Å². The van der Waals surface area contributed by atoms with Gasteiger partial charge >= 0.3 is 0 Å². The zero-order valence-electron chi connectivity index (χ0n) is 15.5. The lowest BCUT2D eigenvalue weighted by Crippen LogP contribution is -2.31. The summed E-state index contributed by atoms with van der Waals surface area (Å²) in [5.74, 6) is 0.404. The monoisotopic (exact) mass is 329 g/mol. The van der Waals surface area contributed by atoms with Crippen LogP contribution in [0.1, 0.15) is 54.0 Å². The lowest BCUT2D eigenvalue weighted by molar-refractivity contribution is 0.0776. The van der Waals surface area contributed by atoms with Crippen molar-refractivity contribution < 1.29 is 4.79 Å². The number of hydrogen-bond donors (Lipinski definition) is 0. The lowest BCUT2D eigenvalue weighted by Gasteiger charge is -2.24. The normalized spacial score (nSPS) is 19.9. The SMILES string of the molecule is CCn1nc(C)c(C(=O)N2CC(c3cnn(C)c3)C(C)(C)C2)c1C. The van der Waals surface area contributed by atoms with Gasteiger partial charge in [-0.1, -0.05) is 13.8 Å². The van der Waals surface area contributed by atoms with E-state index in [1.807, 2.05) is 48.3 Å². The Bertz CT molecular complexity index is 770. The fourth-order valence-corrected chi connectivity index (χ4v) is 3.94. The molecule has 6 heteroatoms. The first-order chi connectivity index (χ1) is 11.2. The highest BCUT2D eigenvalue weighted by molar-refractivity contribution is 5.96. The third kappa shape index (κ3) is 2.64.